The first kappa shape index (κ1) is 13.9. The van der Waals surface area contributed by atoms with Crippen LogP contribution < -0.4 is 5.43 Å². The Labute approximate surface area is 131 Å². The third kappa shape index (κ3) is 1.85. The number of imide groups is 1. The van der Waals surface area contributed by atoms with Crippen molar-refractivity contribution in [2.45, 2.75) is 38.4 Å². The molecule has 3 amide bonds. The van der Waals surface area contributed by atoms with E-state index in [-0.39, 0.29) is 24.0 Å². The van der Waals surface area contributed by atoms with Crippen LogP contribution in [0.3, 0.4) is 0 Å². The predicted octanol–water partition coefficient (Wildman–Crippen LogP) is 1.12. The number of rotatable bonds is 3. The highest BCUT2D eigenvalue weighted by atomic mass is 32.1. The lowest BCUT2D eigenvalue weighted by molar-refractivity contribution is -0.145. The summed E-state index contributed by atoms with van der Waals surface area (Å²) in [7, 11) is 0. The Bertz CT molecular complexity index is 642. The Balaban J connectivity index is 1.52. The molecule has 4 heterocycles. The van der Waals surface area contributed by atoms with E-state index in [1.165, 1.54) is 11.3 Å². The molecule has 4 rings (SSSR count). The van der Waals surface area contributed by atoms with E-state index in [0.29, 0.717) is 5.56 Å². The SMILES string of the molecule is CCc1cc(C(=O)NN2C(=O)[C@@H]3[C@@H](C2=O)[C@@H]2CC[C@@H]3O2)cs1. The van der Waals surface area contributed by atoms with E-state index in [1.807, 2.05) is 6.92 Å². The first-order valence-corrected chi connectivity index (χ1v) is 8.39. The molecule has 0 saturated carbocycles. The summed E-state index contributed by atoms with van der Waals surface area (Å²) in [5, 5.41) is 2.65. The van der Waals surface area contributed by atoms with Crippen LogP contribution in [0.2, 0.25) is 0 Å². The standard InChI is InChI=1S/C15H16N2O4S/c1-2-8-5-7(6-22-8)13(18)16-17-14(19)11-9-3-4-10(21-9)12(11)15(17)20/h5-6,9-12H,2-4H2,1H3,(H,16,18)/t9-,10-,11-,12-/m0/s1. The average Bonchev–Trinajstić information content (AvgIpc) is 3.26. The van der Waals surface area contributed by atoms with Crippen LogP contribution in [0.25, 0.3) is 0 Å². The molecular formula is C15H16N2O4S. The monoisotopic (exact) mass is 320 g/mol. The number of aryl methyl sites for hydroxylation is 1. The molecule has 22 heavy (non-hydrogen) atoms. The highest BCUT2D eigenvalue weighted by Crippen LogP contribution is 2.48. The molecule has 3 aliphatic heterocycles. The van der Waals surface area contributed by atoms with E-state index in [4.69, 9.17) is 4.74 Å². The van der Waals surface area contributed by atoms with Crippen molar-refractivity contribution >= 4 is 29.1 Å². The summed E-state index contributed by atoms with van der Waals surface area (Å²) in [5.41, 5.74) is 2.96. The fraction of sp³-hybridized carbons (Fsp3) is 0.533. The second-order valence-corrected chi connectivity index (χ2v) is 6.95. The van der Waals surface area contributed by atoms with Gasteiger partial charge in [0.25, 0.3) is 17.7 Å². The fourth-order valence-electron chi connectivity index (χ4n) is 3.67. The van der Waals surface area contributed by atoms with Gasteiger partial charge in [0, 0.05) is 10.3 Å². The van der Waals surface area contributed by atoms with Gasteiger partial charge in [0.15, 0.2) is 0 Å². The van der Waals surface area contributed by atoms with Gasteiger partial charge in [0.2, 0.25) is 0 Å². The fourth-order valence-corrected chi connectivity index (χ4v) is 4.49. The minimum Gasteiger partial charge on any atom is -0.373 e. The summed E-state index contributed by atoms with van der Waals surface area (Å²) < 4.78 is 5.66. The molecule has 0 aromatic carbocycles. The van der Waals surface area contributed by atoms with E-state index >= 15 is 0 Å². The summed E-state index contributed by atoms with van der Waals surface area (Å²) in [6.45, 7) is 2.01. The Kier molecular flexibility index (Phi) is 3.09. The summed E-state index contributed by atoms with van der Waals surface area (Å²) in [5.74, 6) is -1.91. The van der Waals surface area contributed by atoms with Crippen molar-refractivity contribution in [1.29, 1.82) is 0 Å². The van der Waals surface area contributed by atoms with Crippen molar-refractivity contribution in [3.05, 3.63) is 21.9 Å². The Morgan fingerprint density at radius 1 is 1.32 bits per heavy atom. The normalized spacial score (nSPS) is 32.7. The number of hydrazine groups is 1. The largest absolute Gasteiger partial charge is 0.373 e. The predicted molar refractivity (Wildman–Crippen MR) is 77.9 cm³/mol. The van der Waals surface area contributed by atoms with Crippen molar-refractivity contribution in [1.82, 2.24) is 10.4 Å². The number of carbonyl (C=O) groups is 3. The minimum atomic E-state index is -0.416. The van der Waals surface area contributed by atoms with Crippen molar-refractivity contribution < 1.29 is 19.1 Å². The van der Waals surface area contributed by atoms with E-state index < -0.39 is 17.7 Å². The van der Waals surface area contributed by atoms with Crippen molar-refractivity contribution in [2.24, 2.45) is 11.8 Å². The lowest BCUT2D eigenvalue weighted by Gasteiger charge is -2.17. The lowest BCUT2D eigenvalue weighted by Crippen LogP contribution is -2.47. The molecule has 1 N–H and O–H groups in total. The van der Waals surface area contributed by atoms with E-state index in [1.54, 1.807) is 11.4 Å². The van der Waals surface area contributed by atoms with Crippen LogP contribution in [0.1, 0.15) is 35.0 Å². The average molecular weight is 320 g/mol. The molecule has 0 radical (unpaired) electrons. The zero-order chi connectivity index (χ0) is 15.4. The number of amides is 3. The molecule has 3 saturated heterocycles. The molecule has 7 heteroatoms. The van der Waals surface area contributed by atoms with Gasteiger partial charge < -0.3 is 4.74 Å². The number of hydrogen-bond acceptors (Lipinski definition) is 5. The molecule has 3 fully saturated rings. The molecule has 6 nitrogen and oxygen atoms in total. The minimum absolute atomic E-state index is 0.166. The zero-order valence-corrected chi connectivity index (χ0v) is 12.9. The topological polar surface area (TPSA) is 75.7 Å². The van der Waals surface area contributed by atoms with Gasteiger partial charge >= 0.3 is 0 Å². The highest BCUT2D eigenvalue weighted by Gasteiger charge is 2.62. The first-order valence-electron chi connectivity index (χ1n) is 7.51. The zero-order valence-electron chi connectivity index (χ0n) is 12.1. The molecule has 116 valence electrons. The number of nitrogens with one attached hydrogen (secondary N) is 1. The number of ether oxygens (including phenoxy) is 1. The third-order valence-electron chi connectivity index (χ3n) is 4.76. The van der Waals surface area contributed by atoms with Gasteiger partial charge in [-0.15, -0.1) is 11.3 Å². The second kappa shape index (κ2) is 4.89. The van der Waals surface area contributed by atoms with Gasteiger partial charge in [0.1, 0.15) is 0 Å². The quantitative estimate of drug-likeness (QED) is 0.847. The third-order valence-corrected chi connectivity index (χ3v) is 5.84. The molecular weight excluding hydrogens is 304 g/mol. The molecule has 2 bridgehead atoms. The van der Waals surface area contributed by atoms with Crippen LogP contribution in [-0.4, -0.2) is 34.9 Å². The van der Waals surface area contributed by atoms with Crippen LogP contribution in [0.15, 0.2) is 11.4 Å². The summed E-state index contributed by atoms with van der Waals surface area (Å²) in [6.07, 6.45) is 2.15. The first-order chi connectivity index (χ1) is 10.6. The van der Waals surface area contributed by atoms with Gasteiger partial charge in [-0.05, 0) is 25.3 Å². The van der Waals surface area contributed by atoms with E-state index in [9.17, 15) is 14.4 Å². The maximum Gasteiger partial charge on any atom is 0.271 e. The molecule has 3 aliphatic rings. The molecule has 0 spiro atoms. The van der Waals surface area contributed by atoms with Crippen molar-refractivity contribution in [2.75, 3.05) is 0 Å². The van der Waals surface area contributed by atoms with Crippen molar-refractivity contribution in [3.8, 4) is 0 Å². The second-order valence-electron chi connectivity index (χ2n) is 5.95. The number of hydrogen-bond donors (Lipinski definition) is 1. The molecule has 0 aliphatic carbocycles. The Morgan fingerprint density at radius 3 is 2.50 bits per heavy atom. The maximum atomic E-state index is 12.4. The van der Waals surface area contributed by atoms with Crippen LogP contribution >= 0.6 is 11.3 Å². The smallest absolute Gasteiger partial charge is 0.271 e. The number of fused-ring (bicyclic) bond motifs is 5. The van der Waals surface area contributed by atoms with Crippen LogP contribution in [0.5, 0.6) is 0 Å². The van der Waals surface area contributed by atoms with Crippen LogP contribution in [0.4, 0.5) is 0 Å². The Morgan fingerprint density at radius 2 is 1.95 bits per heavy atom. The number of nitrogens with zero attached hydrogens (tertiary/aromatic N) is 1. The van der Waals surface area contributed by atoms with Crippen molar-refractivity contribution in [3.63, 3.8) is 0 Å². The van der Waals surface area contributed by atoms with Crippen LogP contribution in [0, 0.1) is 11.8 Å². The summed E-state index contributed by atoms with van der Waals surface area (Å²) in [4.78, 5) is 38.2. The molecule has 1 aromatic heterocycles. The Hall–Kier alpha value is -1.73. The van der Waals surface area contributed by atoms with Gasteiger partial charge in [0.05, 0.1) is 29.6 Å². The molecule has 0 unspecified atom stereocenters. The number of carbonyl (C=O) groups excluding carboxylic acids is 3. The van der Waals surface area contributed by atoms with E-state index in [0.717, 1.165) is 29.1 Å². The van der Waals surface area contributed by atoms with Gasteiger partial charge in [-0.1, -0.05) is 6.92 Å². The van der Waals surface area contributed by atoms with Crippen LogP contribution in [-0.2, 0) is 20.7 Å². The summed E-state index contributed by atoms with van der Waals surface area (Å²) >= 11 is 1.50. The van der Waals surface area contributed by atoms with E-state index in [2.05, 4.69) is 5.43 Å². The lowest BCUT2D eigenvalue weighted by atomic mass is 9.81. The number of thiophene rings is 1. The van der Waals surface area contributed by atoms with Gasteiger partial charge in [-0.2, -0.15) is 5.01 Å². The molecule has 1 aromatic rings. The van der Waals surface area contributed by atoms with Gasteiger partial charge in [-0.3, -0.25) is 19.8 Å². The summed E-state index contributed by atoms with van der Waals surface area (Å²) in [6, 6.07) is 1.79. The highest BCUT2D eigenvalue weighted by molar-refractivity contribution is 7.10. The molecule has 4 atom stereocenters. The van der Waals surface area contributed by atoms with Gasteiger partial charge in [-0.25, -0.2) is 0 Å². The maximum absolute atomic E-state index is 12.4.